The first kappa shape index (κ1) is 21.4. The minimum absolute atomic E-state index is 0.0352. The average molecular weight is 438 g/mol. The van der Waals surface area contributed by atoms with Gasteiger partial charge in [-0.25, -0.2) is 13.5 Å². The van der Waals surface area contributed by atoms with Gasteiger partial charge in [0.25, 0.3) is 5.56 Å². The molecule has 0 aliphatic carbocycles. The number of hydrogen-bond donors (Lipinski definition) is 2. The number of anilines is 1. The van der Waals surface area contributed by atoms with Gasteiger partial charge in [0.15, 0.2) is 0 Å². The van der Waals surface area contributed by atoms with E-state index in [0.717, 1.165) is 26.1 Å². The van der Waals surface area contributed by atoms with Crippen LogP contribution in [0.2, 0.25) is 5.02 Å². The number of rotatable bonds is 8. The maximum absolute atomic E-state index is 13.3. The highest BCUT2D eigenvalue weighted by Gasteiger charge is 2.29. The molecular formula is C19H24ClN5O3S. The van der Waals surface area contributed by atoms with Gasteiger partial charge in [0.2, 0.25) is 9.84 Å². The summed E-state index contributed by atoms with van der Waals surface area (Å²) in [5.74, 6) is 0.0352. The van der Waals surface area contributed by atoms with Crippen LogP contribution in [0, 0.1) is 0 Å². The fourth-order valence-electron chi connectivity index (χ4n) is 3.45. The minimum atomic E-state index is -3.97. The zero-order chi connectivity index (χ0) is 21.2. The molecule has 3 aromatic rings. The molecule has 1 aromatic carbocycles. The smallest absolute Gasteiger partial charge is 0.288 e. The number of nitrogen functional groups attached to an aromatic ring is 1. The molecule has 0 amide bonds. The van der Waals surface area contributed by atoms with Crippen LogP contribution in [0.3, 0.4) is 0 Å². The van der Waals surface area contributed by atoms with Crippen LogP contribution in [0.25, 0.3) is 10.9 Å². The molecule has 8 nitrogen and oxygen atoms in total. The Hall–Kier alpha value is -2.36. The molecule has 0 aliphatic rings. The van der Waals surface area contributed by atoms with Gasteiger partial charge in [-0.15, -0.1) is 0 Å². The van der Waals surface area contributed by atoms with Crippen LogP contribution in [-0.2, 0) is 16.4 Å². The number of halogens is 1. The molecular weight excluding hydrogens is 414 g/mol. The lowest BCUT2D eigenvalue weighted by atomic mass is 10.3. The summed E-state index contributed by atoms with van der Waals surface area (Å²) in [7, 11) is -3.97. The molecule has 0 unspecified atom stereocenters. The number of fused-ring (bicyclic) bond motifs is 1. The van der Waals surface area contributed by atoms with Gasteiger partial charge in [-0.05, 0) is 50.3 Å². The second-order valence-electron chi connectivity index (χ2n) is 6.67. The van der Waals surface area contributed by atoms with Crippen molar-refractivity contribution < 1.29 is 8.42 Å². The molecule has 156 valence electrons. The van der Waals surface area contributed by atoms with E-state index in [1.54, 1.807) is 4.57 Å². The van der Waals surface area contributed by atoms with E-state index < -0.39 is 15.4 Å². The molecule has 3 rings (SSSR count). The van der Waals surface area contributed by atoms with Gasteiger partial charge in [-0.1, -0.05) is 25.4 Å². The number of nitrogens with one attached hydrogen (secondary N) is 1. The van der Waals surface area contributed by atoms with Crippen molar-refractivity contribution in [3.8, 4) is 0 Å². The molecule has 0 saturated heterocycles. The summed E-state index contributed by atoms with van der Waals surface area (Å²) in [5.41, 5.74) is 6.02. The Morgan fingerprint density at radius 3 is 2.48 bits per heavy atom. The van der Waals surface area contributed by atoms with Gasteiger partial charge < -0.3 is 15.2 Å². The number of H-pyrrole nitrogens is 1. The number of aryl methyl sites for hydroxylation is 1. The molecule has 0 aliphatic heterocycles. The zero-order valence-electron chi connectivity index (χ0n) is 16.4. The van der Waals surface area contributed by atoms with Crippen LogP contribution in [0.5, 0.6) is 0 Å². The quantitative estimate of drug-likeness (QED) is 0.559. The summed E-state index contributed by atoms with van der Waals surface area (Å²) < 4.78 is 28.2. The fourth-order valence-corrected chi connectivity index (χ4v) is 5.13. The van der Waals surface area contributed by atoms with Crippen molar-refractivity contribution in [2.45, 2.75) is 36.6 Å². The first-order chi connectivity index (χ1) is 13.8. The zero-order valence-corrected chi connectivity index (χ0v) is 17.9. The minimum Gasteiger partial charge on any atom is -0.384 e. The Balaban J connectivity index is 2.12. The van der Waals surface area contributed by atoms with Crippen molar-refractivity contribution in [2.75, 3.05) is 25.4 Å². The van der Waals surface area contributed by atoms with E-state index >= 15 is 0 Å². The first-order valence-corrected chi connectivity index (χ1v) is 11.3. The average Bonchev–Trinajstić information content (AvgIpc) is 2.99. The van der Waals surface area contributed by atoms with Crippen molar-refractivity contribution in [1.29, 1.82) is 0 Å². The van der Waals surface area contributed by atoms with Crippen molar-refractivity contribution in [3.63, 3.8) is 0 Å². The number of nitrogens with two attached hydrogens (primary N) is 1. The summed E-state index contributed by atoms with van der Waals surface area (Å²) in [4.78, 5) is 14.7. The number of sulfone groups is 1. The van der Waals surface area contributed by atoms with Gasteiger partial charge in [0.05, 0.1) is 11.1 Å². The first-order valence-electron chi connectivity index (χ1n) is 9.39. The summed E-state index contributed by atoms with van der Waals surface area (Å²) in [6.45, 7) is 7.22. The van der Waals surface area contributed by atoms with E-state index in [4.69, 9.17) is 17.3 Å². The second kappa shape index (κ2) is 8.56. The highest BCUT2D eigenvalue weighted by molar-refractivity contribution is 7.92. The van der Waals surface area contributed by atoms with Gasteiger partial charge in [-0.2, -0.15) is 5.10 Å². The lowest BCUT2D eigenvalue weighted by molar-refractivity contribution is 0.294. The third kappa shape index (κ3) is 4.03. The maximum atomic E-state index is 13.3. The third-order valence-corrected chi connectivity index (χ3v) is 7.12. The van der Waals surface area contributed by atoms with E-state index in [-0.39, 0.29) is 26.5 Å². The SMILES string of the molecule is CCN(CC)CCCn1c(N)c(S(=O)(=O)c2ccc(Cl)cc2)c2cn[nH]c(=O)c21. The Labute approximate surface area is 174 Å². The van der Waals surface area contributed by atoms with Crippen molar-refractivity contribution in [2.24, 2.45) is 0 Å². The lowest BCUT2D eigenvalue weighted by Crippen LogP contribution is -2.25. The van der Waals surface area contributed by atoms with E-state index in [2.05, 4.69) is 28.9 Å². The Kier molecular flexibility index (Phi) is 6.30. The Morgan fingerprint density at radius 2 is 1.86 bits per heavy atom. The number of nitrogens with zero attached hydrogens (tertiary/aromatic N) is 3. The predicted molar refractivity (Wildman–Crippen MR) is 114 cm³/mol. The van der Waals surface area contributed by atoms with E-state index in [1.807, 2.05) is 0 Å². The molecule has 0 saturated carbocycles. The third-order valence-electron chi connectivity index (χ3n) is 5.01. The molecule has 0 atom stereocenters. The van der Waals surface area contributed by atoms with Crippen LogP contribution in [-0.4, -0.2) is 47.7 Å². The number of aromatic amines is 1. The van der Waals surface area contributed by atoms with Crippen LogP contribution in [0.4, 0.5) is 5.82 Å². The molecule has 0 fully saturated rings. The summed E-state index contributed by atoms with van der Waals surface area (Å²) in [6.07, 6.45) is 2.05. The number of aromatic nitrogens is 3. The second-order valence-corrected chi connectivity index (χ2v) is 8.99. The maximum Gasteiger partial charge on any atom is 0.288 e. The summed E-state index contributed by atoms with van der Waals surface area (Å²) in [5, 5.41) is 6.79. The largest absolute Gasteiger partial charge is 0.384 e. The molecule has 10 heteroatoms. The highest BCUT2D eigenvalue weighted by atomic mass is 35.5. The normalized spacial score (nSPS) is 12.1. The molecule has 29 heavy (non-hydrogen) atoms. The van der Waals surface area contributed by atoms with Crippen LogP contribution in [0.1, 0.15) is 20.3 Å². The lowest BCUT2D eigenvalue weighted by Gasteiger charge is -2.18. The standard InChI is InChI=1S/C19H24ClN5O3S/c1-3-24(4-2)10-5-11-25-16-15(12-22-23-19(16)26)17(18(25)21)29(27,28)14-8-6-13(20)7-9-14/h6-9,12H,3-5,10-11,21H2,1-2H3,(H,23,26). The Bertz CT molecular complexity index is 1170. The predicted octanol–water partition coefficient (Wildman–Crippen LogP) is 2.52. The van der Waals surface area contributed by atoms with Crippen molar-refractivity contribution >= 4 is 38.2 Å². The summed E-state index contributed by atoms with van der Waals surface area (Å²) in [6, 6.07) is 5.83. The molecule has 2 aromatic heterocycles. The van der Waals surface area contributed by atoms with Gasteiger partial charge in [-0.3, -0.25) is 4.79 Å². The van der Waals surface area contributed by atoms with Gasteiger partial charge >= 0.3 is 0 Å². The van der Waals surface area contributed by atoms with Gasteiger partial charge in [0, 0.05) is 17.0 Å². The van der Waals surface area contributed by atoms with Crippen LogP contribution < -0.4 is 11.3 Å². The van der Waals surface area contributed by atoms with Crippen molar-refractivity contribution in [3.05, 3.63) is 45.8 Å². The van der Waals surface area contributed by atoms with Crippen molar-refractivity contribution in [1.82, 2.24) is 19.7 Å². The highest BCUT2D eigenvalue weighted by Crippen LogP contribution is 2.34. The van der Waals surface area contributed by atoms with Crippen LogP contribution >= 0.6 is 11.6 Å². The number of benzene rings is 1. The van der Waals surface area contributed by atoms with Gasteiger partial charge in [0.1, 0.15) is 16.2 Å². The Morgan fingerprint density at radius 1 is 1.21 bits per heavy atom. The molecule has 0 bridgehead atoms. The van der Waals surface area contributed by atoms with E-state index in [9.17, 15) is 13.2 Å². The van der Waals surface area contributed by atoms with Crippen LogP contribution in [0.15, 0.2) is 45.0 Å². The molecule has 0 radical (unpaired) electrons. The van der Waals surface area contributed by atoms with E-state index in [1.165, 1.54) is 30.5 Å². The fraction of sp³-hybridized carbons (Fsp3) is 0.368. The molecule has 0 spiro atoms. The van der Waals surface area contributed by atoms with E-state index in [0.29, 0.717) is 11.6 Å². The molecule has 3 N–H and O–H groups in total. The number of hydrogen-bond acceptors (Lipinski definition) is 6. The summed E-state index contributed by atoms with van der Waals surface area (Å²) >= 11 is 5.88. The molecule has 2 heterocycles. The topological polar surface area (TPSA) is 114 Å². The monoisotopic (exact) mass is 437 g/mol.